The number of hydrogen-bond acceptors (Lipinski definition) is 5. The summed E-state index contributed by atoms with van der Waals surface area (Å²) in [6, 6.07) is 13.6. The van der Waals surface area contributed by atoms with Crippen molar-refractivity contribution in [2.24, 2.45) is 0 Å². The van der Waals surface area contributed by atoms with Gasteiger partial charge in [-0.25, -0.2) is 13.1 Å². The van der Waals surface area contributed by atoms with Gasteiger partial charge in [-0.05, 0) is 36.2 Å². The molecule has 1 N–H and O–H groups in total. The van der Waals surface area contributed by atoms with E-state index in [1.165, 1.54) is 0 Å². The van der Waals surface area contributed by atoms with Gasteiger partial charge in [-0.1, -0.05) is 62.4 Å². The molecule has 0 saturated carbocycles. The molecule has 0 saturated heterocycles. The second-order valence-corrected chi connectivity index (χ2v) is 17.5. The summed E-state index contributed by atoms with van der Waals surface area (Å²) >= 11 is 6.07. The molecule has 3 rings (SSSR count). The summed E-state index contributed by atoms with van der Waals surface area (Å²) in [5, 5.41) is 5.89. The van der Waals surface area contributed by atoms with E-state index in [0.717, 1.165) is 24.1 Å². The summed E-state index contributed by atoms with van der Waals surface area (Å²) in [6.45, 7) is 9.07. The molecule has 1 aromatic heterocycles. The SMILES string of the molecule is CCC(C=O)(c1ccc(Cl)cc1)n1ncc2c(C(NS(C)(=O)=O)OCC[Si](C)(C)C)cccc21. The monoisotopic (exact) mass is 521 g/mol. The van der Waals surface area contributed by atoms with Gasteiger partial charge < -0.3 is 9.53 Å². The molecule has 0 radical (unpaired) electrons. The third-order valence-electron chi connectivity index (χ3n) is 5.84. The number of carbonyl (C=O) groups excluding carboxylic acids is 1. The minimum atomic E-state index is -3.54. The Morgan fingerprint density at radius 3 is 2.44 bits per heavy atom. The third kappa shape index (κ3) is 5.95. The lowest BCUT2D eigenvalue weighted by Crippen LogP contribution is -2.37. The number of fused-ring (bicyclic) bond motifs is 1. The predicted octanol–water partition coefficient (Wildman–Crippen LogP) is 4.94. The highest BCUT2D eigenvalue weighted by molar-refractivity contribution is 7.88. The van der Waals surface area contributed by atoms with Gasteiger partial charge in [0, 0.05) is 30.7 Å². The number of rotatable bonds is 11. The van der Waals surface area contributed by atoms with Gasteiger partial charge in [0.25, 0.3) is 0 Å². The first-order chi connectivity index (χ1) is 15.9. The Bertz CT molecular complexity index is 1260. The standard InChI is InChI=1S/C24H32ClN3O4SSi/c1-6-24(17-29,18-10-12-19(25)13-11-18)28-22-9-7-8-20(21(22)16-26-28)23(27-33(2,30)31)32-14-15-34(3,4)5/h7-13,16-17,23,27H,6,14-15H2,1-5H3. The van der Waals surface area contributed by atoms with Crippen LogP contribution in [0.25, 0.3) is 10.9 Å². The highest BCUT2D eigenvalue weighted by atomic mass is 35.5. The molecule has 0 amide bonds. The fraction of sp³-hybridized carbons (Fsp3) is 0.417. The number of halogens is 1. The lowest BCUT2D eigenvalue weighted by atomic mass is 9.88. The van der Waals surface area contributed by atoms with Crippen molar-refractivity contribution in [2.45, 2.75) is 50.8 Å². The normalized spacial score (nSPS) is 15.2. The quantitative estimate of drug-likeness (QED) is 0.219. The molecule has 184 valence electrons. The number of benzene rings is 2. The summed E-state index contributed by atoms with van der Waals surface area (Å²) in [5.41, 5.74) is 1.08. The average Bonchev–Trinajstić information content (AvgIpc) is 3.19. The van der Waals surface area contributed by atoms with Crippen LogP contribution in [0.1, 0.15) is 30.7 Å². The molecule has 0 spiro atoms. The number of hydrogen-bond donors (Lipinski definition) is 1. The molecule has 1 heterocycles. The second kappa shape index (κ2) is 10.3. The highest BCUT2D eigenvalue weighted by Gasteiger charge is 2.35. The van der Waals surface area contributed by atoms with Crippen molar-refractivity contribution >= 4 is 46.9 Å². The van der Waals surface area contributed by atoms with E-state index >= 15 is 0 Å². The Balaban J connectivity index is 2.11. The van der Waals surface area contributed by atoms with Gasteiger partial charge in [0.2, 0.25) is 10.0 Å². The first kappa shape index (κ1) is 26.6. The number of nitrogens with zero attached hydrogens (tertiary/aromatic N) is 2. The molecule has 0 aliphatic rings. The molecule has 0 aliphatic heterocycles. The minimum absolute atomic E-state index is 0.436. The number of aldehydes is 1. The van der Waals surface area contributed by atoms with Crippen molar-refractivity contribution in [3.8, 4) is 0 Å². The van der Waals surface area contributed by atoms with E-state index in [1.54, 1.807) is 23.0 Å². The fourth-order valence-electron chi connectivity index (χ4n) is 3.90. The van der Waals surface area contributed by atoms with Crippen molar-refractivity contribution in [3.63, 3.8) is 0 Å². The van der Waals surface area contributed by atoms with Crippen LogP contribution in [0, 0.1) is 0 Å². The van der Waals surface area contributed by atoms with E-state index in [0.29, 0.717) is 34.5 Å². The van der Waals surface area contributed by atoms with E-state index in [1.807, 2.05) is 37.3 Å². The zero-order chi connectivity index (χ0) is 25.1. The lowest BCUT2D eigenvalue weighted by molar-refractivity contribution is -0.114. The first-order valence-corrected chi connectivity index (χ1v) is 17.2. The topological polar surface area (TPSA) is 90.3 Å². The molecule has 34 heavy (non-hydrogen) atoms. The number of ether oxygens (including phenoxy) is 1. The maximum atomic E-state index is 12.5. The Morgan fingerprint density at radius 2 is 1.88 bits per heavy atom. The van der Waals surface area contributed by atoms with Gasteiger partial charge in [-0.2, -0.15) is 9.82 Å². The van der Waals surface area contributed by atoms with Crippen molar-refractivity contribution in [1.29, 1.82) is 0 Å². The van der Waals surface area contributed by atoms with Gasteiger partial charge >= 0.3 is 0 Å². The van der Waals surface area contributed by atoms with Crippen LogP contribution in [0.4, 0.5) is 0 Å². The molecule has 2 atom stereocenters. The number of nitrogens with one attached hydrogen (secondary N) is 1. The van der Waals surface area contributed by atoms with Crippen molar-refractivity contribution in [1.82, 2.24) is 14.5 Å². The van der Waals surface area contributed by atoms with E-state index in [4.69, 9.17) is 16.3 Å². The van der Waals surface area contributed by atoms with E-state index < -0.39 is 29.9 Å². The largest absolute Gasteiger partial charge is 0.358 e. The molecule has 0 aliphatic carbocycles. The Hall–Kier alpha value is -2.04. The maximum Gasteiger partial charge on any atom is 0.211 e. The van der Waals surface area contributed by atoms with Crippen LogP contribution in [0.15, 0.2) is 48.7 Å². The fourth-order valence-corrected chi connectivity index (χ4v) is 5.34. The van der Waals surface area contributed by atoms with Gasteiger partial charge in [0.05, 0.1) is 18.0 Å². The van der Waals surface area contributed by atoms with E-state index in [9.17, 15) is 13.2 Å². The summed E-state index contributed by atoms with van der Waals surface area (Å²) in [5.74, 6) is 0. The van der Waals surface area contributed by atoms with Crippen molar-refractivity contribution in [2.75, 3.05) is 12.9 Å². The third-order valence-corrected chi connectivity index (χ3v) is 8.44. The summed E-state index contributed by atoms with van der Waals surface area (Å²) < 4.78 is 34.6. The van der Waals surface area contributed by atoms with Crippen LogP contribution in [0.3, 0.4) is 0 Å². The summed E-state index contributed by atoms with van der Waals surface area (Å²) in [7, 11) is -4.92. The highest BCUT2D eigenvalue weighted by Crippen LogP contribution is 2.34. The maximum absolute atomic E-state index is 12.5. The average molecular weight is 522 g/mol. The second-order valence-electron chi connectivity index (χ2n) is 9.69. The zero-order valence-corrected chi connectivity index (χ0v) is 22.8. The molecule has 7 nitrogen and oxygen atoms in total. The van der Waals surface area contributed by atoms with Crippen LogP contribution in [-0.4, -0.2) is 45.4 Å². The number of aromatic nitrogens is 2. The van der Waals surface area contributed by atoms with E-state index in [2.05, 4.69) is 29.5 Å². The van der Waals surface area contributed by atoms with Crippen LogP contribution in [0.5, 0.6) is 0 Å². The Kier molecular flexibility index (Phi) is 8.04. The molecule has 0 fully saturated rings. The van der Waals surface area contributed by atoms with Gasteiger partial charge in [0.1, 0.15) is 11.8 Å². The van der Waals surface area contributed by atoms with Gasteiger partial charge in [-0.15, -0.1) is 0 Å². The minimum Gasteiger partial charge on any atom is -0.358 e. The van der Waals surface area contributed by atoms with Crippen LogP contribution >= 0.6 is 11.6 Å². The molecule has 0 bridgehead atoms. The molecule has 3 aromatic rings. The smallest absolute Gasteiger partial charge is 0.211 e. The molecule has 2 unspecified atom stereocenters. The van der Waals surface area contributed by atoms with Crippen LogP contribution in [-0.2, 0) is 25.1 Å². The first-order valence-electron chi connectivity index (χ1n) is 11.2. The summed E-state index contributed by atoms with van der Waals surface area (Å²) in [4.78, 5) is 12.5. The number of carbonyl (C=O) groups is 1. The predicted molar refractivity (Wildman–Crippen MR) is 139 cm³/mol. The molecule has 2 aromatic carbocycles. The van der Waals surface area contributed by atoms with Gasteiger partial charge in [0.15, 0.2) is 6.29 Å². The Morgan fingerprint density at radius 1 is 1.21 bits per heavy atom. The number of sulfonamides is 1. The molecule has 10 heteroatoms. The Labute approximate surface area is 207 Å². The van der Waals surface area contributed by atoms with Crippen LogP contribution < -0.4 is 4.72 Å². The zero-order valence-electron chi connectivity index (χ0n) is 20.2. The van der Waals surface area contributed by atoms with Gasteiger partial charge in [-0.3, -0.25) is 0 Å². The van der Waals surface area contributed by atoms with E-state index in [-0.39, 0.29) is 0 Å². The van der Waals surface area contributed by atoms with Crippen molar-refractivity contribution in [3.05, 3.63) is 64.8 Å². The summed E-state index contributed by atoms with van der Waals surface area (Å²) in [6.07, 6.45) is 3.27. The lowest BCUT2D eigenvalue weighted by Gasteiger charge is -2.29. The molecular formula is C24H32ClN3O4SSi. The molecular weight excluding hydrogens is 490 g/mol. The van der Waals surface area contributed by atoms with Crippen molar-refractivity contribution < 1.29 is 17.9 Å². The van der Waals surface area contributed by atoms with Crippen LogP contribution in [0.2, 0.25) is 30.7 Å².